The Hall–Kier alpha value is -3.41. The fourth-order valence-electron chi connectivity index (χ4n) is 2.51. The topological polar surface area (TPSA) is 105 Å². The first-order valence-electron chi connectivity index (χ1n) is 7.84. The molecule has 4 N–H and O–H groups in total. The molecule has 0 aliphatic heterocycles. The van der Waals surface area contributed by atoms with Crippen LogP contribution in [0.1, 0.15) is 17.5 Å². The van der Waals surface area contributed by atoms with Crippen molar-refractivity contribution in [1.82, 2.24) is 9.78 Å². The number of nitrogens with zero attached hydrogens (tertiary/aromatic N) is 2. The van der Waals surface area contributed by atoms with Crippen LogP contribution in [0.5, 0.6) is 0 Å². The van der Waals surface area contributed by atoms with Crippen molar-refractivity contribution >= 4 is 11.8 Å². The van der Waals surface area contributed by atoms with E-state index in [1.165, 1.54) is 0 Å². The minimum atomic E-state index is -0.795. The van der Waals surface area contributed by atoms with Crippen molar-refractivity contribution in [1.29, 1.82) is 5.41 Å². The number of nitrogens with two attached hydrogens (primary N) is 1. The van der Waals surface area contributed by atoms with Crippen molar-refractivity contribution in [2.45, 2.75) is 12.8 Å². The molecule has 0 fully saturated rings. The van der Waals surface area contributed by atoms with Gasteiger partial charge in [0.15, 0.2) is 0 Å². The third kappa shape index (κ3) is 3.92. The van der Waals surface area contributed by atoms with Gasteiger partial charge in [0, 0.05) is 23.7 Å². The van der Waals surface area contributed by atoms with Crippen molar-refractivity contribution in [3.63, 3.8) is 0 Å². The minimum absolute atomic E-state index is 0.0417. The quantitative estimate of drug-likeness (QED) is 0.476. The molecule has 126 valence electrons. The van der Waals surface area contributed by atoms with E-state index in [1.54, 1.807) is 16.8 Å². The summed E-state index contributed by atoms with van der Waals surface area (Å²) < 4.78 is 1.77. The van der Waals surface area contributed by atoms with Crippen LogP contribution in [0.15, 0.2) is 60.8 Å². The van der Waals surface area contributed by atoms with E-state index in [0.29, 0.717) is 12.0 Å². The van der Waals surface area contributed by atoms with Gasteiger partial charge >= 0.3 is 5.97 Å². The van der Waals surface area contributed by atoms with Crippen LogP contribution in [0.4, 0.5) is 0 Å². The molecule has 3 rings (SSSR count). The molecule has 0 saturated carbocycles. The molecule has 2 aromatic carbocycles. The Labute approximate surface area is 145 Å². The van der Waals surface area contributed by atoms with Gasteiger partial charge in [-0.05, 0) is 30.2 Å². The number of aryl methyl sites for hydroxylation is 1. The van der Waals surface area contributed by atoms with Gasteiger partial charge in [0.2, 0.25) is 0 Å². The molecule has 25 heavy (non-hydrogen) atoms. The number of nitrogen functional groups attached to an aromatic ring is 1. The second-order valence-corrected chi connectivity index (χ2v) is 5.70. The molecule has 0 spiro atoms. The van der Waals surface area contributed by atoms with Crippen LogP contribution in [0.2, 0.25) is 0 Å². The summed E-state index contributed by atoms with van der Waals surface area (Å²) in [5, 5.41) is 20.7. The van der Waals surface area contributed by atoms with Gasteiger partial charge in [0.05, 0.1) is 11.4 Å². The van der Waals surface area contributed by atoms with E-state index < -0.39 is 5.97 Å². The van der Waals surface area contributed by atoms with E-state index in [1.807, 2.05) is 48.7 Å². The fourth-order valence-corrected chi connectivity index (χ4v) is 2.51. The lowest BCUT2D eigenvalue weighted by Crippen LogP contribution is -2.10. The molecule has 0 atom stereocenters. The maximum atomic E-state index is 10.6. The summed E-state index contributed by atoms with van der Waals surface area (Å²) >= 11 is 0. The monoisotopic (exact) mass is 334 g/mol. The van der Waals surface area contributed by atoms with Crippen LogP contribution in [0.3, 0.4) is 0 Å². The highest BCUT2D eigenvalue weighted by molar-refractivity contribution is 5.95. The smallest absolute Gasteiger partial charge is 0.303 e. The number of rotatable bonds is 6. The lowest BCUT2D eigenvalue weighted by atomic mass is 10.1. The largest absolute Gasteiger partial charge is 0.481 e. The molecule has 0 amide bonds. The SMILES string of the molecule is N=C(N)c1ccc(-c2ccn(-c3ccc(CCC(=O)O)cc3)n2)cc1. The van der Waals surface area contributed by atoms with Crippen molar-refractivity contribution in [3.05, 3.63) is 71.9 Å². The van der Waals surface area contributed by atoms with E-state index in [9.17, 15) is 4.79 Å². The molecule has 6 nitrogen and oxygen atoms in total. The summed E-state index contributed by atoms with van der Waals surface area (Å²) in [6.07, 6.45) is 2.52. The summed E-state index contributed by atoms with van der Waals surface area (Å²) in [4.78, 5) is 10.6. The Morgan fingerprint density at radius 3 is 2.36 bits per heavy atom. The number of carboxylic acid groups (broad SMARTS) is 1. The summed E-state index contributed by atoms with van der Waals surface area (Å²) in [5.74, 6) is -0.753. The van der Waals surface area contributed by atoms with E-state index in [4.69, 9.17) is 16.2 Å². The highest BCUT2D eigenvalue weighted by Crippen LogP contribution is 2.19. The average molecular weight is 334 g/mol. The summed E-state index contributed by atoms with van der Waals surface area (Å²) in [6, 6.07) is 17.0. The molecule has 1 heterocycles. The number of amidine groups is 1. The second kappa shape index (κ2) is 7.00. The van der Waals surface area contributed by atoms with Crippen molar-refractivity contribution in [2.75, 3.05) is 0 Å². The lowest BCUT2D eigenvalue weighted by molar-refractivity contribution is -0.136. The zero-order chi connectivity index (χ0) is 17.8. The Kier molecular flexibility index (Phi) is 4.61. The van der Waals surface area contributed by atoms with Crippen LogP contribution in [-0.4, -0.2) is 26.7 Å². The highest BCUT2D eigenvalue weighted by Gasteiger charge is 2.06. The van der Waals surface area contributed by atoms with Crippen LogP contribution in [-0.2, 0) is 11.2 Å². The van der Waals surface area contributed by atoms with E-state index in [0.717, 1.165) is 22.5 Å². The average Bonchev–Trinajstić information content (AvgIpc) is 3.10. The molecule has 0 bridgehead atoms. The number of nitrogens with one attached hydrogen (secondary N) is 1. The van der Waals surface area contributed by atoms with Gasteiger partial charge in [-0.3, -0.25) is 10.2 Å². The minimum Gasteiger partial charge on any atom is -0.481 e. The predicted molar refractivity (Wildman–Crippen MR) is 96.0 cm³/mol. The maximum absolute atomic E-state index is 10.6. The standard InChI is InChI=1S/C19H18N4O2/c20-19(21)15-6-4-14(5-7-15)17-11-12-23(22-17)16-8-1-13(2-9-16)3-10-18(24)25/h1-2,4-9,11-12H,3,10H2,(H3,20,21)(H,24,25). The second-order valence-electron chi connectivity index (χ2n) is 5.70. The molecular formula is C19H18N4O2. The number of carboxylic acids is 1. The Morgan fingerprint density at radius 2 is 1.76 bits per heavy atom. The van der Waals surface area contributed by atoms with Crippen LogP contribution < -0.4 is 5.73 Å². The molecule has 3 aromatic rings. The molecule has 0 aliphatic carbocycles. The van der Waals surface area contributed by atoms with Crippen LogP contribution in [0.25, 0.3) is 16.9 Å². The van der Waals surface area contributed by atoms with Crippen LogP contribution in [0, 0.1) is 5.41 Å². The number of carbonyl (C=O) groups is 1. The van der Waals surface area contributed by atoms with Crippen molar-refractivity contribution < 1.29 is 9.90 Å². The maximum Gasteiger partial charge on any atom is 0.303 e. The van der Waals surface area contributed by atoms with Crippen molar-refractivity contribution in [2.24, 2.45) is 5.73 Å². The zero-order valence-electron chi connectivity index (χ0n) is 13.5. The normalized spacial score (nSPS) is 10.6. The fraction of sp³-hybridized carbons (Fsp3) is 0.105. The van der Waals surface area contributed by atoms with Gasteiger partial charge in [-0.1, -0.05) is 36.4 Å². The van der Waals surface area contributed by atoms with Gasteiger partial charge in [-0.2, -0.15) is 5.10 Å². The van der Waals surface area contributed by atoms with Gasteiger partial charge in [-0.25, -0.2) is 4.68 Å². The molecular weight excluding hydrogens is 316 g/mol. The van der Waals surface area contributed by atoms with Gasteiger partial charge in [0.1, 0.15) is 5.84 Å². The number of benzene rings is 2. The van der Waals surface area contributed by atoms with E-state index >= 15 is 0 Å². The number of hydrogen-bond acceptors (Lipinski definition) is 3. The van der Waals surface area contributed by atoms with Gasteiger partial charge in [0.25, 0.3) is 0 Å². The molecule has 1 aromatic heterocycles. The zero-order valence-corrected chi connectivity index (χ0v) is 13.5. The van der Waals surface area contributed by atoms with Gasteiger partial charge in [-0.15, -0.1) is 0 Å². The molecule has 6 heteroatoms. The van der Waals surface area contributed by atoms with Gasteiger partial charge < -0.3 is 10.8 Å². The number of aliphatic carboxylic acids is 1. The van der Waals surface area contributed by atoms with E-state index in [-0.39, 0.29) is 12.3 Å². The summed E-state index contributed by atoms with van der Waals surface area (Å²) in [6.45, 7) is 0. The summed E-state index contributed by atoms with van der Waals surface area (Å²) in [5.41, 5.74) is 9.81. The molecule has 0 saturated heterocycles. The predicted octanol–water partition coefficient (Wildman–Crippen LogP) is 2.84. The lowest BCUT2D eigenvalue weighted by Gasteiger charge is -2.04. The Balaban J connectivity index is 1.76. The number of aromatic nitrogens is 2. The van der Waals surface area contributed by atoms with Crippen LogP contribution >= 0.6 is 0 Å². The molecule has 0 unspecified atom stereocenters. The van der Waals surface area contributed by atoms with Crippen molar-refractivity contribution in [3.8, 4) is 16.9 Å². The Morgan fingerprint density at radius 1 is 1.08 bits per heavy atom. The first kappa shape index (κ1) is 16.4. The molecule has 0 aliphatic rings. The number of hydrogen-bond donors (Lipinski definition) is 3. The first-order chi connectivity index (χ1) is 12.0. The highest BCUT2D eigenvalue weighted by atomic mass is 16.4. The molecule has 0 radical (unpaired) electrons. The first-order valence-corrected chi connectivity index (χ1v) is 7.84. The third-order valence-electron chi connectivity index (χ3n) is 3.91. The van der Waals surface area contributed by atoms with E-state index in [2.05, 4.69) is 5.10 Å². The Bertz CT molecular complexity index is 896. The third-order valence-corrected chi connectivity index (χ3v) is 3.91. The summed E-state index contributed by atoms with van der Waals surface area (Å²) in [7, 11) is 0.